The van der Waals surface area contributed by atoms with Gasteiger partial charge in [-0.05, 0) is 6.92 Å². The van der Waals surface area contributed by atoms with Crippen LogP contribution in [0.4, 0.5) is 4.39 Å². The lowest BCUT2D eigenvalue weighted by Crippen LogP contribution is -2.42. The average Bonchev–Trinajstić information content (AvgIpc) is 3.21. The first-order valence-electron chi connectivity index (χ1n) is 8.16. The summed E-state index contributed by atoms with van der Waals surface area (Å²) in [6.45, 7) is 0.500. The van der Waals surface area contributed by atoms with E-state index in [0.29, 0.717) is 11.3 Å². The van der Waals surface area contributed by atoms with Crippen molar-refractivity contribution in [1.82, 2.24) is 24.1 Å². The maximum Gasteiger partial charge on any atom is 0.333 e. The molecule has 3 heterocycles. The van der Waals surface area contributed by atoms with Gasteiger partial charge in [-0.3, -0.25) is 13.9 Å². The molecule has 3 rings (SSSR count). The highest BCUT2D eigenvalue weighted by Gasteiger charge is 2.35. The predicted octanol–water partition coefficient (Wildman–Crippen LogP) is -1.43. The van der Waals surface area contributed by atoms with Crippen molar-refractivity contribution >= 4 is 0 Å². The Morgan fingerprint density at radius 1 is 1.38 bits per heavy atom. The molecule has 26 heavy (non-hydrogen) atoms. The van der Waals surface area contributed by atoms with Crippen LogP contribution in [0.1, 0.15) is 23.9 Å². The molecule has 0 aliphatic carbocycles. The van der Waals surface area contributed by atoms with E-state index in [2.05, 4.69) is 10.3 Å². The molecule has 1 fully saturated rings. The van der Waals surface area contributed by atoms with Gasteiger partial charge in [-0.2, -0.15) is 0 Å². The summed E-state index contributed by atoms with van der Waals surface area (Å²) in [5, 5.41) is 26.6. The van der Waals surface area contributed by atoms with Crippen LogP contribution in [-0.2, 0) is 17.8 Å². The molecular weight excluding hydrogens is 349 g/mol. The highest BCUT2D eigenvalue weighted by Crippen LogP contribution is 2.27. The number of aliphatic hydroxyl groups excluding tert-OH is 2. The zero-order valence-corrected chi connectivity index (χ0v) is 14.2. The van der Waals surface area contributed by atoms with Crippen LogP contribution in [0.5, 0.6) is 0 Å². The second-order valence-corrected chi connectivity index (χ2v) is 6.17. The SMILES string of the molecule is Cc1cn([C@H]2C[C@@H](O)[C@@H](CO)O2)c(=O)n(Cc2cn(CCF)nn2)c1=O. The van der Waals surface area contributed by atoms with Gasteiger partial charge in [0.1, 0.15) is 24.7 Å². The Kier molecular flexibility index (Phi) is 5.30. The van der Waals surface area contributed by atoms with Crippen LogP contribution in [0, 0.1) is 6.92 Å². The number of aliphatic hydroxyl groups is 2. The van der Waals surface area contributed by atoms with E-state index < -0.39 is 36.4 Å². The van der Waals surface area contributed by atoms with Crippen molar-refractivity contribution in [3.05, 3.63) is 44.5 Å². The molecule has 3 atom stereocenters. The molecule has 1 aliphatic rings. The van der Waals surface area contributed by atoms with Gasteiger partial charge in [-0.25, -0.2) is 13.9 Å². The van der Waals surface area contributed by atoms with Crippen molar-refractivity contribution in [3.8, 4) is 0 Å². The van der Waals surface area contributed by atoms with Crippen LogP contribution < -0.4 is 11.2 Å². The van der Waals surface area contributed by atoms with Gasteiger partial charge in [0.25, 0.3) is 5.56 Å². The van der Waals surface area contributed by atoms with E-state index >= 15 is 0 Å². The summed E-state index contributed by atoms with van der Waals surface area (Å²) in [4.78, 5) is 25.1. The maximum absolute atomic E-state index is 12.8. The minimum Gasteiger partial charge on any atom is -0.394 e. The fourth-order valence-electron chi connectivity index (χ4n) is 2.92. The number of nitrogens with zero attached hydrogens (tertiary/aromatic N) is 5. The van der Waals surface area contributed by atoms with Crippen LogP contribution in [0.15, 0.2) is 22.0 Å². The largest absolute Gasteiger partial charge is 0.394 e. The molecule has 142 valence electrons. The summed E-state index contributed by atoms with van der Waals surface area (Å²) in [6.07, 6.45) is 0.484. The first kappa shape index (κ1) is 18.4. The third-order valence-corrected chi connectivity index (χ3v) is 4.28. The molecular formula is C15H20FN5O5. The number of alkyl halides is 1. The summed E-state index contributed by atoms with van der Waals surface area (Å²) in [5.74, 6) is 0. The van der Waals surface area contributed by atoms with Crippen molar-refractivity contribution in [3.63, 3.8) is 0 Å². The van der Waals surface area contributed by atoms with Crippen molar-refractivity contribution in [2.24, 2.45) is 0 Å². The van der Waals surface area contributed by atoms with E-state index in [1.807, 2.05) is 0 Å². The fraction of sp³-hybridized carbons (Fsp3) is 0.600. The molecule has 11 heteroatoms. The topological polar surface area (TPSA) is 124 Å². The highest BCUT2D eigenvalue weighted by atomic mass is 19.1. The number of aryl methyl sites for hydroxylation is 2. The van der Waals surface area contributed by atoms with Crippen LogP contribution in [0.25, 0.3) is 0 Å². The smallest absolute Gasteiger partial charge is 0.333 e. The van der Waals surface area contributed by atoms with E-state index in [0.717, 1.165) is 4.57 Å². The van der Waals surface area contributed by atoms with Gasteiger partial charge >= 0.3 is 5.69 Å². The van der Waals surface area contributed by atoms with Gasteiger partial charge in [0, 0.05) is 18.2 Å². The van der Waals surface area contributed by atoms with Crippen molar-refractivity contribution in [2.45, 2.75) is 44.9 Å². The Morgan fingerprint density at radius 3 is 2.81 bits per heavy atom. The van der Waals surface area contributed by atoms with E-state index in [1.54, 1.807) is 6.92 Å². The van der Waals surface area contributed by atoms with Crippen LogP contribution in [-0.4, -0.2) is 59.8 Å². The molecule has 2 aromatic rings. The highest BCUT2D eigenvalue weighted by molar-refractivity contribution is 5.06. The average molecular weight is 369 g/mol. The van der Waals surface area contributed by atoms with Gasteiger partial charge in [0.05, 0.1) is 32.0 Å². The third-order valence-electron chi connectivity index (χ3n) is 4.28. The number of ether oxygens (including phenoxy) is 1. The van der Waals surface area contributed by atoms with Gasteiger partial charge in [-0.15, -0.1) is 5.10 Å². The first-order chi connectivity index (χ1) is 12.4. The Balaban J connectivity index is 1.94. The Hall–Kier alpha value is -2.37. The number of halogens is 1. The number of rotatable bonds is 6. The van der Waals surface area contributed by atoms with E-state index in [9.17, 15) is 24.2 Å². The molecule has 0 bridgehead atoms. The fourth-order valence-corrected chi connectivity index (χ4v) is 2.92. The molecule has 0 aromatic carbocycles. The summed E-state index contributed by atoms with van der Waals surface area (Å²) in [7, 11) is 0. The summed E-state index contributed by atoms with van der Waals surface area (Å²) in [5.41, 5.74) is -0.457. The number of aromatic nitrogens is 5. The molecule has 0 saturated carbocycles. The van der Waals surface area contributed by atoms with Gasteiger partial charge in [0.15, 0.2) is 0 Å². The number of hydrogen-bond acceptors (Lipinski definition) is 7. The van der Waals surface area contributed by atoms with Crippen LogP contribution >= 0.6 is 0 Å². The zero-order chi connectivity index (χ0) is 18.8. The van der Waals surface area contributed by atoms with E-state index in [4.69, 9.17) is 4.74 Å². The zero-order valence-electron chi connectivity index (χ0n) is 14.2. The monoisotopic (exact) mass is 369 g/mol. The van der Waals surface area contributed by atoms with Gasteiger partial charge in [-0.1, -0.05) is 5.21 Å². The summed E-state index contributed by atoms with van der Waals surface area (Å²) < 4.78 is 21.4. The van der Waals surface area contributed by atoms with Gasteiger partial charge < -0.3 is 14.9 Å². The van der Waals surface area contributed by atoms with E-state index in [1.165, 1.54) is 21.6 Å². The molecule has 1 saturated heterocycles. The lowest BCUT2D eigenvalue weighted by atomic mass is 10.2. The lowest BCUT2D eigenvalue weighted by molar-refractivity contribution is -0.0463. The molecule has 0 radical (unpaired) electrons. The second-order valence-electron chi connectivity index (χ2n) is 6.17. The number of hydrogen-bond donors (Lipinski definition) is 2. The molecule has 0 amide bonds. The summed E-state index contributed by atoms with van der Waals surface area (Å²) >= 11 is 0. The Labute approximate surface area is 147 Å². The first-order valence-corrected chi connectivity index (χ1v) is 8.16. The lowest BCUT2D eigenvalue weighted by Gasteiger charge is -2.17. The standard InChI is InChI=1S/C15H20FN5O5/c1-9-5-20(13-4-11(23)12(8-22)26-13)15(25)21(14(9)24)7-10-6-19(3-2-16)18-17-10/h5-6,11-13,22-23H,2-4,7-8H2,1H3/t11-,12-,13-/m1/s1. The Morgan fingerprint density at radius 2 is 2.15 bits per heavy atom. The third kappa shape index (κ3) is 3.45. The van der Waals surface area contributed by atoms with Crippen molar-refractivity contribution in [1.29, 1.82) is 0 Å². The molecule has 2 aromatic heterocycles. The minimum atomic E-state index is -0.904. The molecule has 0 unspecified atom stereocenters. The van der Waals surface area contributed by atoms with E-state index in [-0.39, 0.29) is 26.1 Å². The van der Waals surface area contributed by atoms with Crippen LogP contribution in [0.3, 0.4) is 0 Å². The molecule has 10 nitrogen and oxygen atoms in total. The normalized spacial score (nSPS) is 22.8. The quantitative estimate of drug-likeness (QED) is 0.639. The van der Waals surface area contributed by atoms with Crippen molar-refractivity contribution in [2.75, 3.05) is 13.3 Å². The second kappa shape index (κ2) is 7.48. The molecule has 1 aliphatic heterocycles. The predicted molar refractivity (Wildman–Crippen MR) is 86.4 cm³/mol. The summed E-state index contributed by atoms with van der Waals surface area (Å²) in [6, 6.07) is 0. The molecule has 0 spiro atoms. The minimum absolute atomic E-state index is 0.0380. The van der Waals surface area contributed by atoms with Crippen molar-refractivity contribution < 1.29 is 19.3 Å². The Bertz CT molecular complexity index is 891. The maximum atomic E-state index is 12.8. The molecule has 2 N–H and O–H groups in total. The van der Waals surface area contributed by atoms with Crippen LogP contribution in [0.2, 0.25) is 0 Å². The van der Waals surface area contributed by atoms with Gasteiger partial charge in [0.2, 0.25) is 0 Å².